The summed E-state index contributed by atoms with van der Waals surface area (Å²) in [6, 6.07) is 16.4. The molecular formula is C24H27FN4OS. The molecule has 4 rings (SSSR count). The summed E-state index contributed by atoms with van der Waals surface area (Å²) in [5, 5.41) is 9.17. The molecule has 5 nitrogen and oxygen atoms in total. The standard InChI is InChI=1S/C24H27FN4OS/c1-3-20-9-7-8-16-28(20)23(30)17(2)31-24-27-26-22(18-12-14-19(25)15-13-18)29(24)21-10-5-4-6-11-21/h4-6,10-15,17,20H,3,7-9,16H2,1-2H3. The van der Waals surface area contributed by atoms with Crippen molar-refractivity contribution in [2.45, 2.75) is 56.0 Å². The van der Waals surface area contributed by atoms with Gasteiger partial charge in [0, 0.05) is 23.8 Å². The summed E-state index contributed by atoms with van der Waals surface area (Å²) in [6.45, 7) is 4.92. The molecule has 2 aromatic carbocycles. The molecule has 0 aliphatic carbocycles. The highest BCUT2D eigenvalue weighted by Crippen LogP contribution is 2.32. The summed E-state index contributed by atoms with van der Waals surface area (Å²) in [5.74, 6) is 0.482. The maximum absolute atomic E-state index is 13.4. The normalized spacial score (nSPS) is 17.5. The Labute approximate surface area is 186 Å². The number of amides is 1. The molecule has 0 saturated carbocycles. The Morgan fingerprint density at radius 2 is 1.87 bits per heavy atom. The fourth-order valence-electron chi connectivity index (χ4n) is 4.10. The van der Waals surface area contributed by atoms with Gasteiger partial charge in [-0.05, 0) is 69.0 Å². The topological polar surface area (TPSA) is 51.0 Å². The van der Waals surface area contributed by atoms with Gasteiger partial charge >= 0.3 is 0 Å². The summed E-state index contributed by atoms with van der Waals surface area (Å²) in [5.41, 5.74) is 1.67. The zero-order chi connectivity index (χ0) is 21.8. The average molecular weight is 439 g/mol. The fourth-order valence-corrected chi connectivity index (χ4v) is 5.04. The van der Waals surface area contributed by atoms with Gasteiger partial charge in [-0.25, -0.2) is 4.39 Å². The molecule has 31 heavy (non-hydrogen) atoms. The van der Waals surface area contributed by atoms with E-state index in [1.54, 1.807) is 12.1 Å². The van der Waals surface area contributed by atoms with Crippen LogP contribution in [0, 0.1) is 5.82 Å². The zero-order valence-corrected chi connectivity index (χ0v) is 18.7. The van der Waals surface area contributed by atoms with Crippen LogP contribution < -0.4 is 0 Å². The summed E-state index contributed by atoms with van der Waals surface area (Å²) >= 11 is 1.42. The highest BCUT2D eigenvalue weighted by Gasteiger charge is 2.30. The van der Waals surface area contributed by atoms with Crippen molar-refractivity contribution in [1.29, 1.82) is 0 Å². The first-order valence-corrected chi connectivity index (χ1v) is 11.7. The molecule has 162 valence electrons. The van der Waals surface area contributed by atoms with E-state index in [4.69, 9.17) is 0 Å². The number of aromatic nitrogens is 3. The van der Waals surface area contributed by atoms with Gasteiger partial charge in [-0.2, -0.15) is 0 Å². The lowest BCUT2D eigenvalue weighted by atomic mass is 10.00. The minimum Gasteiger partial charge on any atom is -0.339 e. The largest absolute Gasteiger partial charge is 0.339 e. The van der Waals surface area contributed by atoms with E-state index in [1.807, 2.05) is 46.7 Å². The summed E-state index contributed by atoms with van der Waals surface area (Å²) in [4.78, 5) is 15.3. The van der Waals surface area contributed by atoms with E-state index in [-0.39, 0.29) is 17.0 Å². The molecule has 3 aromatic rings. The SMILES string of the molecule is CCC1CCCCN1C(=O)C(C)Sc1nnc(-c2ccc(F)cc2)n1-c1ccccc1. The third-order valence-corrected chi connectivity index (χ3v) is 6.79. The third-order valence-electron chi connectivity index (χ3n) is 5.76. The van der Waals surface area contributed by atoms with Crippen LogP contribution in [-0.2, 0) is 4.79 Å². The van der Waals surface area contributed by atoms with Crippen LogP contribution in [0.1, 0.15) is 39.5 Å². The average Bonchev–Trinajstić information content (AvgIpc) is 3.23. The molecule has 1 saturated heterocycles. The van der Waals surface area contributed by atoms with Crippen molar-refractivity contribution < 1.29 is 9.18 Å². The lowest BCUT2D eigenvalue weighted by Crippen LogP contribution is -2.46. The number of thioether (sulfide) groups is 1. The summed E-state index contributed by atoms with van der Waals surface area (Å²) < 4.78 is 15.4. The van der Waals surface area contributed by atoms with Crippen molar-refractivity contribution in [1.82, 2.24) is 19.7 Å². The maximum Gasteiger partial charge on any atom is 0.236 e. The van der Waals surface area contributed by atoms with Crippen LogP contribution in [-0.4, -0.2) is 43.4 Å². The molecule has 0 spiro atoms. The van der Waals surface area contributed by atoms with Crippen molar-refractivity contribution in [3.63, 3.8) is 0 Å². The number of likely N-dealkylation sites (tertiary alicyclic amines) is 1. The van der Waals surface area contributed by atoms with Crippen LogP contribution >= 0.6 is 11.8 Å². The molecule has 1 fully saturated rings. The second kappa shape index (κ2) is 9.64. The van der Waals surface area contributed by atoms with Gasteiger partial charge in [-0.3, -0.25) is 9.36 Å². The second-order valence-electron chi connectivity index (χ2n) is 7.83. The minimum atomic E-state index is -0.296. The van der Waals surface area contributed by atoms with E-state index >= 15 is 0 Å². The molecule has 7 heteroatoms. The zero-order valence-electron chi connectivity index (χ0n) is 17.9. The molecule has 2 atom stereocenters. The molecule has 0 radical (unpaired) electrons. The Bertz CT molecular complexity index is 1020. The molecule has 2 heterocycles. The smallest absolute Gasteiger partial charge is 0.236 e. The van der Waals surface area contributed by atoms with E-state index in [0.717, 1.165) is 37.1 Å². The summed E-state index contributed by atoms with van der Waals surface area (Å²) in [7, 11) is 0. The third kappa shape index (κ3) is 4.66. The Morgan fingerprint density at radius 3 is 2.58 bits per heavy atom. The van der Waals surface area contributed by atoms with Crippen molar-refractivity contribution >= 4 is 17.7 Å². The lowest BCUT2D eigenvalue weighted by molar-refractivity contribution is -0.134. The van der Waals surface area contributed by atoms with Crippen molar-refractivity contribution in [2.24, 2.45) is 0 Å². The number of rotatable bonds is 6. The molecule has 1 aliphatic heterocycles. The van der Waals surface area contributed by atoms with Gasteiger partial charge < -0.3 is 4.90 Å². The van der Waals surface area contributed by atoms with Gasteiger partial charge in [0.15, 0.2) is 11.0 Å². The Morgan fingerprint density at radius 1 is 1.13 bits per heavy atom. The van der Waals surface area contributed by atoms with Crippen LogP contribution in [0.3, 0.4) is 0 Å². The molecular weight excluding hydrogens is 411 g/mol. The highest BCUT2D eigenvalue weighted by atomic mass is 32.2. The maximum atomic E-state index is 13.4. The summed E-state index contributed by atoms with van der Waals surface area (Å²) in [6.07, 6.45) is 4.31. The van der Waals surface area contributed by atoms with E-state index in [1.165, 1.54) is 30.3 Å². The molecule has 1 amide bonds. The molecule has 1 aromatic heterocycles. The fraction of sp³-hybridized carbons (Fsp3) is 0.375. The number of para-hydroxylation sites is 1. The quantitative estimate of drug-likeness (QED) is 0.487. The second-order valence-corrected chi connectivity index (χ2v) is 9.14. The van der Waals surface area contributed by atoms with Crippen LogP contribution in [0.25, 0.3) is 17.1 Å². The Balaban J connectivity index is 1.65. The predicted molar refractivity (Wildman–Crippen MR) is 122 cm³/mol. The monoisotopic (exact) mass is 438 g/mol. The van der Waals surface area contributed by atoms with Gasteiger partial charge in [0.25, 0.3) is 0 Å². The molecule has 2 unspecified atom stereocenters. The number of piperidine rings is 1. The number of hydrogen-bond donors (Lipinski definition) is 0. The van der Waals surface area contributed by atoms with E-state index < -0.39 is 0 Å². The molecule has 0 bridgehead atoms. The Kier molecular flexibility index (Phi) is 6.70. The van der Waals surface area contributed by atoms with Crippen LogP contribution in [0.2, 0.25) is 0 Å². The number of benzene rings is 2. The van der Waals surface area contributed by atoms with Crippen molar-refractivity contribution in [3.8, 4) is 17.1 Å². The van der Waals surface area contributed by atoms with E-state index in [0.29, 0.717) is 17.0 Å². The first-order chi connectivity index (χ1) is 15.1. The van der Waals surface area contributed by atoms with Crippen molar-refractivity contribution in [2.75, 3.05) is 6.54 Å². The van der Waals surface area contributed by atoms with E-state index in [9.17, 15) is 9.18 Å². The van der Waals surface area contributed by atoms with Crippen LogP contribution in [0.5, 0.6) is 0 Å². The first-order valence-electron chi connectivity index (χ1n) is 10.8. The lowest BCUT2D eigenvalue weighted by Gasteiger charge is -2.36. The number of carbonyl (C=O) groups is 1. The highest BCUT2D eigenvalue weighted by molar-refractivity contribution is 8.00. The van der Waals surface area contributed by atoms with Gasteiger partial charge in [0.1, 0.15) is 5.82 Å². The van der Waals surface area contributed by atoms with Gasteiger partial charge in [-0.1, -0.05) is 36.9 Å². The van der Waals surface area contributed by atoms with Crippen LogP contribution in [0.4, 0.5) is 4.39 Å². The van der Waals surface area contributed by atoms with Gasteiger partial charge in [-0.15, -0.1) is 10.2 Å². The predicted octanol–water partition coefficient (Wildman–Crippen LogP) is 5.35. The van der Waals surface area contributed by atoms with Crippen LogP contribution in [0.15, 0.2) is 59.8 Å². The first kappa shape index (κ1) is 21.6. The number of carbonyl (C=O) groups excluding carboxylic acids is 1. The Hall–Kier alpha value is -2.67. The molecule has 1 aliphatic rings. The number of halogens is 1. The van der Waals surface area contributed by atoms with Gasteiger partial charge in [0.05, 0.1) is 5.25 Å². The number of hydrogen-bond acceptors (Lipinski definition) is 4. The molecule has 0 N–H and O–H groups in total. The number of nitrogens with zero attached hydrogens (tertiary/aromatic N) is 4. The van der Waals surface area contributed by atoms with E-state index in [2.05, 4.69) is 17.1 Å². The van der Waals surface area contributed by atoms with Gasteiger partial charge in [0.2, 0.25) is 5.91 Å². The van der Waals surface area contributed by atoms with Crippen molar-refractivity contribution in [3.05, 3.63) is 60.4 Å². The minimum absolute atomic E-state index is 0.155.